The SMILES string of the molecule is CCOc1ccc(C(=O)CC)cc1SC. The maximum Gasteiger partial charge on any atom is 0.162 e. The molecule has 1 aromatic rings. The summed E-state index contributed by atoms with van der Waals surface area (Å²) in [5, 5.41) is 0. The van der Waals surface area contributed by atoms with E-state index < -0.39 is 0 Å². The smallest absolute Gasteiger partial charge is 0.162 e. The number of benzene rings is 1. The molecule has 0 heterocycles. The summed E-state index contributed by atoms with van der Waals surface area (Å²) in [4.78, 5) is 12.5. The molecule has 3 heteroatoms. The third kappa shape index (κ3) is 2.99. The zero-order valence-electron chi connectivity index (χ0n) is 9.37. The second-order valence-electron chi connectivity index (χ2n) is 3.08. The first-order chi connectivity index (χ1) is 7.22. The Morgan fingerprint density at radius 2 is 2.13 bits per heavy atom. The Hall–Kier alpha value is -0.960. The lowest BCUT2D eigenvalue weighted by Crippen LogP contribution is -1.99. The van der Waals surface area contributed by atoms with Gasteiger partial charge in [0.2, 0.25) is 0 Å². The van der Waals surface area contributed by atoms with Gasteiger partial charge in [-0.25, -0.2) is 0 Å². The Labute approximate surface area is 95.0 Å². The Morgan fingerprint density at radius 3 is 2.67 bits per heavy atom. The highest BCUT2D eigenvalue weighted by atomic mass is 32.2. The van der Waals surface area contributed by atoms with Crippen molar-refractivity contribution in [2.45, 2.75) is 25.2 Å². The molecule has 0 atom stereocenters. The van der Waals surface area contributed by atoms with Gasteiger partial charge in [0.15, 0.2) is 5.78 Å². The number of carbonyl (C=O) groups is 1. The van der Waals surface area contributed by atoms with Crippen LogP contribution in [0.4, 0.5) is 0 Å². The van der Waals surface area contributed by atoms with Gasteiger partial charge in [0.05, 0.1) is 6.61 Å². The molecule has 0 fully saturated rings. The number of ketones is 1. The lowest BCUT2D eigenvalue weighted by atomic mass is 10.1. The van der Waals surface area contributed by atoms with Gasteiger partial charge < -0.3 is 4.74 Å². The van der Waals surface area contributed by atoms with Gasteiger partial charge in [0.1, 0.15) is 5.75 Å². The van der Waals surface area contributed by atoms with Crippen molar-refractivity contribution < 1.29 is 9.53 Å². The van der Waals surface area contributed by atoms with Crippen LogP contribution in [0.5, 0.6) is 5.75 Å². The fourth-order valence-corrected chi connectivity index (χ4v) is 1.89. The minimum Gasteiger partial charge on any atom is -0.493 e. The lowest BCUT2D eigenvalue weighted by Gasteiger charge is -2.09. The summed E-state index contributed by atoms with van der Waals surface area (Å²) in [5.41, 5.74) is 0.769. The quantitative estimate of drug-likeness (QED) is 0.566. The highest BCUT2D eigenvalue weighted by Crippen LogP contribution is 2.29. The molecule has 1 aromatic carbocycles. The molecule has 0 N–H and O–H groups in total. The minimum absolute atomic E-state index is 0.174. The summed E-state index contributed by atoms with van der Waals surface area (Å²) >= 11 is 1.60. The van der Waals surface area contributed by atoms with Crippen LogP contribution >= 0.6 is 11.8 Å². The van der Waals surface area contributed by atoms with Crippen LogP contribution < -0.4 is 4.74 Å². The van der Waals surface area contributed by atoms with Gasteiger partial charge in [-0.15, -0.1) is 11.8 Å². The predicted molar refractivity (Wildman–Crippen MR) is 64.0 cm³/mol. The maximum atomic E-state index is 11.5. The van der Waals surface area contributed by atoms with Crippen LogP contribution in [0.2, 0.25) is 0 Å². The third-order valence-corrected chi connectivity index (χ3v) is 2.87. The van der Waals surface area contributed by atoms with E-state index in [1.165, 1.54) is 0 Å². The van der Waals surface area contributed by atoms with Crippen molar-refractivity contribution in [1.82, 2.24) is 0 Å². The highest BCUT2D eigenvalue weighted by Gasteiger charge is 2.08. The van der Waals surface area contributed by atoms with Gasteiger partial charge in [0, 0.05) is 16.9 Å². The van der Waals surface area contributed by atoms with Crippen LogP contribution in [0.25, 0.3) is 0 Å². The number of hydrogen-bond acceptors (Lipinski definition) is 3. The van der Waals surface area contributed by atoms with Crippen LogP contribution in [0.15, 0.2) is 23.1 Å². The van der Waals surface area contributed by atoms with Crippen LogP contribution in [0.3, 0.4) is 0 Å². The molecule has 0 spiro atoms. The van der Waals surface area contributed by atoms with Crippen molar-refractivity contribution in [3.8, 4) is 5.75 Å². The number of rotatable bonds is 5. The van der Waals surface area contributed by atoms with E-state index in [1.807, 2.05) is 38.3 Å². The first-order valence-corrected chi connectivity index (χ1v) is 6.29. The Bertz CT molecular complexity index is 347. The normalized spacial score (nSPS) is 10.1. The van der Waals surface area contributed by atoms with Gasteiger partial charge in [-0.1, -0.05) is 6.92 Å². The molecule has 0 bridgehead atoms. The predicted octanol–water partition coefficient (Wildman–Crippen LogP) is 3.40. The summed E-state index contributed by atoms with van der Waals surface area (Å²) < 4.78 is 5.46. The number of carbonyl (C=O) groups excluding carboxylic acids is 1. The van der Waals surface area contributed by atoms with E-state index in [2.05, 4.69) is 0 Å². The van der Waals surface area contributed by atoms with Gasteiger partial charge in [-0.3, -0.25) is 4.79 Å². The zero-order valence-corrected chi connectivity index (χ0v) is 10.2. The number of ether oxygens (including phenoxy) is 1. The van der Waals surface area contributed by atoms with Crippen LogP contribution in [-0.4, -0.2) is 18.6 Å². The highest BCUT2D eigenvalue weighted by molar-refractivity contribution is 7.98. The fourth-order valence-electron chi connectivity index (χ4n) is 1.32. The van der Waals surface area contributed by atoms with Gasteiger partial charge >= 0.3 is 0 Å². The van der Waals surface area contributed by atoms with Crippen molar-refractivity contribution >= 4 is 17.5 Å². The molecular weight excluding hydrogens is 208 g/mol. The van der Waals surface area contributed by atoms with Crippen molar-refractivity contribution in [1.29, 1.82) is 0 Å². The number of hydrogen-bond donors (Lipinski definition) is 0. The first-order valence-electron chi connectivity index (χ1n) is 5.07. The second-order valence-corrected chi connectivity index (χ2v) is 3.92. The topological polar surface area (TPSA) is 26.3 Å². The summed E-state index contributed by atoms with van der Waals surface area (Å²) in [6, 6.07) is 5.61. The Kier molecular flexibility index (Phi) is 4.69. The van der Waals surface area contributed by atoms with E-state index >= 15 is 0 Å². The van der Waals surface area contributed by atoms with E-state index in [-0.39, 0.29) is 5.78 Å². The van der Waals surface area contributed by atoms with Crippen LogP contribution in [0.1, 0.15) is 30.6 Å². The van der Waals surface area contributed by atoms with Crippen molar-refractivity contribution in [2.24, 2.45) is 0 Å². The molecule has 0 aliphatic heterocycles. The summed E-state index contributed by atoms with van der Waals surface area (Å²) in [6.07, 6.45) is 2.53. The third-order valence-electron chi connectivity index (χ3n) is 2.11. The van der Waals surface area contributed by atoms with Crippen LogP contribution in [-0.2, 0) is 0 Å². The van der Waals surface area contributed by atoms with Crippen LogP contribution in [0, 0.1) is 0 Å². The van der Waals surface area contributed by atoms with E-state index in [4.69, 9.17) is 4.74 Å². The summed E-state index contributed by atoms with van der Waals surface area (Å²) in [6.45, 7) is 4.47. The van der Waals surface area contributed by atoms with Gasteiger partial charge in [-0.05, 0) is 31.4 Å². The lowest BCUT2D eigenvalue weighted by molar-refractivity contribution is 0.0988. The summed E-state index contributed by atoms with van der Waals surface area (Å²) in [5.74, 6) is 1.03. The molecule has 0 saturated carbocycles. The molecule has 0 unspecified atom stereocenters. The van der Waals surface area contributed by atoms with Crippen molar-refractivity contribution in [2.75, 3.05) is 12.9 Å². The molecule has 15 heavy (non-hydrogen) atoms. The van der Waals surface area contributed by atoms with E-state index in [0.717, 1.165) is 16.2 Å². The molecule has 1 rings (SSSR count). The fraction of sp³-hybridized carbons (Fsp3) is 0.417. The van der Waals surface area contributed by atoms with Crippen molar-refractivity contribution in [3.63, 3.8) is 0 Å². The largest absolute Gasteiger partial charge is 0.493 e. The average molecular weight is 224 g/mol. The first kappa shape index (κ1) is 12.1. The molecule has 0 aromatic heterocycles. The average Bonchev–Trinajstić information content (AvgIpc) is 2.29. The van der Waals surface area contributed by atoms with Gasteiger partial charge in [-0.2, -0.15) is 0 Å². The minimum atomic E-state index is 0.174. The molecule has 0 aliphatic rings. The summed E-state index contributed by atoms with van der Waals surface area (Å²) in [7, 11) is 0. The second kappa shape index (κ2) is 5.81. The van der Waals surface area contributed by atoms with Gasteiger partial charge in [0.25, 0.3) is 0 Å². The Morgan fingerprint density at radius 1 is 1.40 bits per heavy atom. The van der Waals surface area contributed by atoms with E-state index in [9.17, 15) is 4.79 Å². The molecule has 82 valence electrons. The molecular formula is C12H16O2S. The molecule has 0 radical (unpaired) electrons. The molecule has 2 nitrogen and oxygen atoms in total. The van der Waals surface area contributed by atoms with Crippen molar-refractivity contribution in [3.05, 3.63) is 23.8 Å². The number of thioether (sulfide) groups is 1. The standard InChI is InChI=1S/C12H16O2S/c1-4-10(13)9-6-7-11(14-5-2)12(8-9)15-3/h6-8H,4-5H2,1-3H3. The monoisotopic (exact) mass is 224 g/mol. The number of Topliss-reactive ketones (excluding diaryl/α,β-unsaturated/α-hetero) is 1. The molecule has 0 saturated heterocycles. The van der Waals surface area contributed by atoms with E-state index in [1.54, 1.807) is 11.8 Å². The molecule has 0 amide bonds. The zero-order chi connectivity index (χ0) is 11.3. The molecule has 0 aliphatic carbocycles. The van der Waals surface area contributed by atoms with E-state index in [0.29, 0.717) is 13.0 Å². The Balaban J connectivity index is 3.01. The maximum absolute atomic E-state index is 11.5.